The van der Waals surface area contributed by atoms with Gasteiger partial charge in [0, 0.05) is 6.07 Å². The van der Waals surface area contributed by atoms with Gasteiger partial charge in [0.1, 0.15) is 11.3 Å². The van der Waals surface area contributed by atoms with E-state index < -0.39 is 10.9 Å². The second-order valence-corrected chi connectivity index (χ2v) is 2.85. The second kappa shape index (κ2) is 3.95. The van der Waals surface area contributed by atoms with Gasteiger partial charge in [-0.05, 0) is 13.0 Å². The molecule has 6 nitrogen and oxygen atoms in total. The molecule has 1 aromatic rings. The predicted molar refractivity (Wildman–Crippen MR) is 51.3 cm³/mol. The van der Waals surface area contributed by atoms with E-state index in [1.54, 1.807) is 0 Å². The summed E-state index contributed by atoms with van der Waals surface area (Å²) in [5.41, 5.74) is -0.0279. The van der Waals surface area contributed by atoms with Crippen LogP contribution in [0.4, 0.5) is 5.69 Å². The number of nitro benzene ring substituents is 1. The number of hydrogen-bond acceptors (Lipinski definition) is 4. The molecule has 0 bridgehead atoms. The minimum Gasteiger partial charge on any atom is -0.495 e. The van der Waals surface area contributed by atoms with E-state index in [1.165, 1.54) is 14.0 Å². The molecule has 0 saturated heterocycles. The van der Waals surface area contributed by atoms with Gasteiger partial charge in [0.05, 0.1) is 17.6 Å². The summed E-state index contributed by atoms with van der Waals surface area (Å²) in [5.74, 6) is -1.15. The standard InChI is InChI=1S/C9H9NO5/c1-5-7(10(13)14)4-3-6(9(11)12)8(5)15-2/h3-4H,1-2H3,(H,11,12). The summed E-state index contributed by atoms with van der Waals surface area (Å²) in [4.78, 5) is 20.8. The number of aromatic carboxylic acids is 1. The number of ether oxygens (including phenoxy) is 1. The van der Waals surface area contributed by atoms with Gasteiger partial charge in [-0.25, -0.2) is 4.79 Å². The zero-order valence-electron chi connectivity index (χ0n) is 8.18. The van der Waals surface area contributed by atoms with Crippen molar-refractivity contribution in [3.05, 3.63) is 33.4 Å². The topological polar surface area (TPSA) is 89.7 Å². The van der Waals surface area contributed by atoms with Crippen molar-refractivity contribution < 1.29 is 19.6 Å². The Kier molecular flexibility index (Phi) is 2.89. The van der Waals surface area contributed by atoms with Crippen LogP contribution in [0.2, 0.25) is 0 Å². The average molecular weight is 211 g/mol. The molecule has 0 unspecified atom stereocenters. The molecule has 1 rings (SSSR count). The highest BCUT2D eigenvalue weighted by Crippen LogP contribution is 2.30. The fourth-order valence-electron chi connectivity index (χ4n) is 1.31. The summed E-state index contributed by atoms with van der Waals surface area (Å²) in [5, 5.41) is 19.4. The van der Waals surface area contributed by atoms with Gasteiger partial charge in [-0.1, -0.05) is 0 Å². The van der Waals surface area contributed by atoms with Crippen molar-refractivity contribution in [2.45, 2.75) is 6.92 Å². The number of nitro groups is 1. The summed E-state index contributed by atoms with van der Waals surface area (Å²) < 4.78 is 4.84. The van der Waals surface area contributed by atoms with Crippen LogP contribution in [0.25, 0.3) is 0 Å². The summed E-state index contributed by atoms with van der Waals surface area (Å²) in [6.45, 7) is 1.45. The van der Waals surface area contributed by atoms with E-state index in [-0.39, 0.29) is 22.6 Å². The number of hydrogen-bond donors (Lipinski definition) is 1. The van der Waals surface area contributed by atoms with Gasteiger partial charge < -0.3 is 9.84 Å². The monoisotopic (exact) mass is 211 g/mol. The van der Waals surface area contributed by atoms with Crippen LogP contribution in [0, 0.1) is 17.0 Å². The van der Waals surface area contributed by atoms with Gasteiger partial charge in [-0.15, -0.1) is 0 Å². The lowest BCUT2D eigenvalue weighted by molar-refractivity contribution is -0.385. The SMILES string of the molecule is COc1c(C(=O)O)ccc([N+](=O)[O-])c1C. The molecular formula is C9H9NO5. The lowest BCUT2D eigenvalue weighted by atomic mass is 10.1. The smallest absolute Gasteiger partial charge is 0.339 e. The lowest BCUT2D eigenvalue weighted by Gasteiger charge is -2.07. The van der Waals surface area contributed by atoms with Crippen molar-refractivity contribution in [3.63, 3.8) is 0 Å². The number of methoxy groups -OCH3 is 1. The molecule has 0 atom stereocenters. The van der Waals surface area contributed by atoms with E-state index in [4.69, 9.17) is 9.84 Å². The predicted octanol–water partition coefficient (Wildman–Crippen LogP) is 1.61. The van der Waals surface area contributed by atoms with Gasteiger partial charge in [-0.2, -0.15) is 0 Å². The summed E-state index contributed by atoms with van der Waals surface area (Å²) in [7, 11) is 1.28. The summed E-state index contributed by atoms with van der Waals surface area (Å²) >= 11 is 0. The van der Waals surface area contributed by atoms with Crippen molar-refractivity contribution in [3.8, 4) is 5.75 Å². The van der Waals surface area contributed by atoms with E-state index in [0.29, 0.717) is 0 Å². The Morgan fingerprint density at radius 2 is 2.13 bits per heavy atom. The van der Waals surface area contributed by atoms with Crippen LogP contribution >= 0.6 is 0 Å². The summed E-state index contributed by atoms with van der Waals surface area (Å²) in [6.07, 6.45) is 0. The number of rotatable bonds is 3. The van der Waals surface area contributed by atoms with Crippen molar-refractivity contribution in [1.82, 2.24) is 0 Å². The molecule has 0 amide bonds. The molecule has 0 saturated carbocycles. The van der Waals surface area contributed by atoms with Crippen molar-refractivity contribution in [1.29, 1.82) is 0 Å². The van der Waals surface area contributed by atoms with Gasteiger partial charge in [-0.3, -0.25) is 10.1 Å². The number of carbonyl (C=O) groups is 1. The first-order chi connectivity index (χ1) is 6.99. The third-order valence-electron chi connectivity index (χ3n) is 2.01. The molecule has 6 heteroatoms. The van der Waals surface area contributed by atoms with Crippen LogP contribution in [0.15, 0.2) is 12.1 Å². The Labute approximate surface area is 85.2 Å². The molecule has 1 aromatic carbocycles. The quantitative estimate of drug-likeness (QED) is 0.605. The maximum absolute atomic E-state index is 10.8. The van der Waals surface area contributed by atoms with Gasteiger partial charge in [0.2, 0.25) is 0 Å². The van der Waals surface area contributed by atoms with E-state index in [0.717, 1.165) is 12.1 Å². The van der Waals surface area contributed by atoms with Crippen LogP contribution in [0.3, 0.4) is 0 Å². The Bertz CT molecular complexity index is 427. The van der Waals surface area contributed by atoms with E-state index >= 15 is 0 Å². The van der Waals surface area contributed by atoms with Gasteiger partial charge in [0.25, 0.3) is 5.69 Å². The molecule has 0 heterocycles. The largest absolute Gasteiger partial charge is 0.495 e. The van der Waals surface area contributed by atoms with Gasteiger partial charge >= 0.3 is 5.97 Å². The van der Waals surface area contributed by atoms with E-state index in [2.05, 4.69) is 0 Å². The highest BCUT2D eigenvalue weighted by atomic mass is 16.6. The molecule has 1 N–H and O–H groups in total. The van der Waals surface area contributed by atoms with Crippen LogP contribution in [-0.4, -0.2) is 23.1 Å². The Morgan fingerprint density at radius 1 is 1.53 bits per heavy atom. The molecule has 0 aliphatic heterocycles. The van der Waals surface area contributed by atoms with Crippen LogP contribution in [0.5, 0.6) is 5.75 Å². The molecule has 0 aliphatic carbocycles. The molecule has 80 valence electrons. The maximum Gasteiger partial charge on any atom is 0.339 e. The third-order valence-corrected chi connectivity index (χ3v) is 2.01. The fourth-order valence-corrected chi connectivity index (χ4v) is 1.31. The first-order valence-electron chi connectivity index (χ1n) is 4.04. The maximum atomic E-state index is 10.8. The first kappa shape index (κ1) is 11.0. The molecule has 0 aromatic heterocycles. The lowest BCUT2D eigenvalue weighted by Crippen LogP contribution is -2.04. The van der Waals surface area contributed by atoms with Crippen molar-refractivity contribution >= 4 is 11.7 Å². The number of benzene rings is 1. The van der Waals surface area contributed by atoms with Crippen LogP contribution < -0.4 is 4.74 Å². The highest BCUT2D eigenvalue weighted by molar-refractivity contribution is 5.92. The minimum absolute atomic E-state index is 0.0247. The second-order valence-electron chi connectivity index (χ2n) is 2.85. The molecule has 0 aliphatic rings. The molecule has 15 heavy (non-hydrogen) atoms. The third kappa shape index (κ3) is 1.88. The fraction of sp³-hybridized carbons (Fsp3) is 0.222. The van der Waals surface area contributed by atoms with Gasteiger partial charge in [0.15, 0.2) is 0 Å². The highest BCUT2D eigenvalue weighted by Gasteiger charge is 2.21. The normalized spacial score (nSPS) is 9.73. The van der Waals surface area contributed by atoms with Crippen LogP contribution in [0.1, 0.15) is 15.9 Å². The van der Waals surface area contributed by atoms with Crippen molar-refractivity contribution in [2.24, 2.45) is 0 Å². The Balaban J connectivity index is 3.45. The zero-order chi connectivity index (χ0) is 11.6. The van der Waals surface area contributed by atoms with Crippen LogP contribution in [-0.2, 0) is 0 Å². The summed E-state index contributed by atoms with van der Waals surface area (Å²) in [6, 6.07) is 2.31. The molecule has 0 spiro atoms. The molecule has 0 radical (unpaired) electrons. The van der Waals surface area contributed by atoms with E-state index in [9.17, 15) is 14.9 Å². The Hall–Kier alpha value is -2.11. The van der Waals surface area contributed by atoms with Crippen molar-refractivity contribution in [2.75, 3.05) is 7.11 Å². The number of carboxylic acids is 1. The first-order valence-corrected chi connectivity index (χ1v) is 4.04. The molecular weight excluding hydrogens is 202 g/mol. The zero-order valence-corrected chi connectivity index (χ0v) is 8.18. The number of carboxylic acid groups (broad SMARTS) is 1. The molecule has 0 fully saturated rings. The minimum atomic E-state index is -1.18. The average Bonchev–Trinajstić information content (AvgIpc) is 2.16. The Morgan fingerprint density at radius 3 is 2.53 bits per heavy atom. The number of nitrogens with zero attached hydrogens (tertiary/aromatic N) is 1. The van der Waals surface area contributed by atoms with E-state index in [1.807, 2.05) is 0 Å².